The van der Waals surface area contributed by atoms with E-state index in [1.54, 1.807) is 6.07 Å². The highest BCUT2D eigenvalue weighted by Crippen LogP contribution is 2.17. The Morgan fingerprint density at radius 2 is 2.35 bits per heavy atom. The normalized spacial score (nSPS) is 9.70. The van der Waals surface area contributed by atoms with Gasteiger partial charge in [0.25, 0.3) is 5.91 Å². The summed E-state index contributed by atoms with van der Waals surface area (Å²) in [6.45, 7) is 1.96. The third-order valence-corrected chi connectivity index (χ3v) is 2.53. The summed E-state index contributed by atoms with van der Waals surface area (Å²) in [5.41, 5.74) is 2.56. The van der Waals surface area contributed by atoms with Crippen molar-refractivity contribution in [3.05, 3.63) is 41.2 Å². The van der Waals surface area contributed by atoms with Crippen LogP contribution in [-0.2, 0) is 0 Å². The van der Waals surface area contributed by atoms with Crippen molar-refractivity contribution in [2.75, 3.05) is 11.9 Å². The van der Waals surface area contributed by atoms with Gasteiger partial charge in [0.15, 0.2) is 5.69 Å². The molecule has 1 aromatic carbocycles. The van der Waals surface area contributed by atoms with E-state index in [1.807, 2.05) is 19.1 Å². The molecule has 0 saturated carbocycles. The quantitative estimate of drug-likeness (QED) is 0.728. The van der Waals surface area contributed by atoms with Gasteiger partial charge in [-0.05, 0) is 24.6 Å². The fraction of sp³-hybridized carbons (Fsp3) is 0.214. The predicted octanol–water partition coefficient (Wildman–Crippen LogP) is 1.10. The van der Waals surface area contributed by atoms with Gasteiger partial charge in [-0.1, -0.05) is 17.9 Å². The van der Waals surface area contributed by atoms with Gasteiger partial charge in [0.2, 0.25) is 0 Å². The number of nitrogens with zero attached hydrogens (tertiary/aromatic N) is 2. The predicted molar refractivity (Wildman–Crippen MR) is 74.1 cm³/mol. The SMILES string of the molecule is Cc1ccc(NC(=O)c2cn[nH]n2)c(C#CCCO)c1. The number of rotatable bonds is 3. The van der Waals surface area contributed by atoms with Gasteiger partial charge < -0.3 is 10.4 Å². The summed E-state index contributed by atoms with van der Waals surface area (Å²) >= 11 is 0. The minimum Gasteiger partial charge on any atom is -0.395 e. The monoisotopic (exact) mass is 270 g/mol. The number of H-pyrrole nitrogens is 1. The van der Waals surface area contributed by atoms with Crippen molar-refractivity contribution in [3.63, 3.8) is 0 Å². The highest BCUT2D eigenvalue weighted by Gasteiger charge is 2.10. The lowest BCUT2D eigenvalue weighted by atomic mass is 10.1. The van der Waals surface area contributed by atoms with E-state index in [0.717, 1.165) is 5.56 Å². The molecule has 1 heterocycles. The van der Waals surface area contributed by atoms with Crippen LogP contribution in [0, 0.1) is 18.8 Å². The first-order valence-corrected chi connectivity index (χ1v) is 6.08. The van der Waals surface area contributed by atoms with Crippen LogP contribution < -0.4 is 5.32 Å². The third kappa shape index (κ3) is 3.43. The molecule has 6 nitrogen and oxygen atoms in total. The van der Waals surface area contributed by atoms with Gasteiger partial charge >= 0.3 is 0 Å². The largest absolute Gasteiger partial charge is 0.395 e. The zero-order chi connectivity index (χ0) is 14.4. The van der Waals surface area contributed by atoms with E-state index in [9.17, 15) is 4.79 Å². The molecule has 0 aliphatic rings. The molecule has 0 spiro atoms. The van der Waals surface area contributed by atoms with Gasteiger partial charge in [-0.15, -0.1) is 0 Å². The molecule has 3 N–H and O–H groups in total. The number of anilines is 1. The van der Waals surface area contributed by atoms with Crippen LogP contribution in [0.15, 0.2) is 24.4 Å². The molecule has 6 heteroatoms. The summed E-state index contributed by atoms with van der Waals surface area (Å²) in [4.78, 5) is 11.9. The topological polar surface area (TPSA) is 90.9 Å². The Hall–Kier alpha value is -2.65. The van der Waals surface area contributed by atoms with E-state index in [1.165, 1.54) is 6.20 Å². The summed E-state index contributed by atoms with van der Waals surface area (Å²) in [6.07, 6.45) is 1.74. The van der Waals surface area contributed by atoms with Crippen LogP contribution in [-0.4, -0.2) is 33.0 Å². The van der Waals surface area contributed by atoms with Crippen LogP contribution in [0.2, 0.25) is 0 Å². The van der Waals surface area contributed by atoms with Crippen molar-refractivity contribution in [2.45, 2.75) is 13.3 Å². The number of hydrogen-bond donors (Lipinski definition) is 3. The van der Waals surface area contributed by atoms with Crippen molar-refractivity contribution in [1.82, 2.24) is 15.4 Å². The first-order chi connectivity index (χ1) is 9.70. The molecule has 0 aliphatic heterocycles. The molecule has 2 aromatic rings. The lowest BCUT2D eigenvalue weighted by Crippen LogP contribution is -2.13. The summed E-state index contributed by atoms with van der Waals surface area (Å²) in [5.74, 6) is 5.42. The van der Waals surface area contributed by atoms with Gasteiger partial charge in [0.1, 0.15) is 0 Å². The van der Waals surface area contributed by atoms with Gasteiger partial charge in [-0.3, -0.25) is 4.79 Å². The second-order valence-electron chi connectivity index (χ2n) is 4.13. The third-order valence-electron chi connectivity index (χ3n) is 2.53. The molecular weight excluding hydrogens is 256 g/mol. The first-order valence-electron chi connectivity index (χ1n) is 6.08. The maximum absolute atomic E-state index is 11.9. The molecular formula is C14H14N4O2. The maximum Gasteiger partial charge on any atom is 0.277 e. The Kier molecular flexibility index (Phi) is 4.47. The van der Waals surface area contributed by atoms with Crippen LogP contribution >= 0.6 is 0 Å². The molecule has 0 bridgehead atoms. The van der Waals surface area contributed by atoms with E-state index >= 15 is 0 Å². The Bertz CT molecular complexity index is 654. The fourth-order valence-corrected chi connectivity index (χ4v) is 1.58. The van der Waals surface area contributed by atoms with Crippen molar-refractivity contribution in [1.29, 1.82) is 0 Å². The van der Waals surface area contributed by atoms with Crippen molar-refractivity contribution in [3.8, 4) is 11.8 Å². The Morgan fingerprint density at radius 1 is 1.50 bits per heavy atom. The maximum atomic E-state index is 11.9. The number of carbonyl (C=O) groups is 1. The number of carbonyl (C=O) groups excluding carboxylic acids is 1. The minimum atomic E-state index is -0.354. The van der Waals surface area contributed by atoms with Crippen LogP contribution in [0.4, 0.5) is 5.69 Å². The molecule has 20 heavy (non-hydrogen) atoms. The Morgan fingerprint density at radius 3 is 3.05 bits per heavy atom. The van der Waals surface area contributed by atoms with Crippen LogP contribution in [0.5, 0.6) is 0 Å². The lowest BCUT2D eigenvalue weighted by Gasteiger charge is -2.06. The van der Waals surface area contributed by atoms with Crippen molar-refractivity contribution < 1.29 is 9.90 Å². The van der Waals surface area contributed by atoms with E-state index in [2.05, 4.69) is 32.6 Å². The number of aliphatic hydroxyl groups is 1. The van der Waals surface area contributed by atoms with Gasteiger partial charge in [-0.25, -0.2) is 0 Å². The Balaban J connectivity index is 2.23. The van der Waals surface area contributed by atoms with E-state index < -0.39 is 0 Å². The molecule has 102 valence electrons. The molecule has 0 atom stereocenters. The highest BCUT2D eigenvalue weighted by molar-refractivity contribution is 6.03. The molecule has 0 fully saturated rings. The summed E-state index contributed by atoms with van der Waals surface area (Å²) < 4.78 is 0. The molecule has 2 rings (SSSR count). The van der Waals surface area contributed by atoms with Gasteiger partial charge in [0, 0.05) is 12.0 Å². The standard InChI is InChI=1S/C14H14N4O2/c1-10-5-6-12(11(8-10)4-2-3-7-19)16-14(20)13-9-15-18-17-13/h5-6,8-9,19H,3,7H2,1H3,(H,16,20)(H,15,17,18). The number of aliphatic hydroxyl groups excluding tert-OH is 1. The molecule has 0 unspecified atom stereocenters. The van der Waals surface area contributed by atoms with Crippen molar-refractivity contribution in [2.24, 2.45) is 0 Å². The average molecular weight is 270 g/mol. The summed E-state index contributed by atoms with van der Waals surface area (Å²) in [6, 6.07) is 5.55. The number of aromatic nitrogens is 3. The second kappa shape index (κ2) is 6.50. The van der Waals surface area contributed by atoms with E-state index in [4.69, 9.17) is 5.11 Å². The van der Waals surface area contributed by atoms with Crippen LogP contribution in [0.3, 0.4) is 0 Å². The van der Waals surface area contributed by atoms with E-state index in [0.29, 0.717) is 17.7 Å². The highest BCUT2D eigenvalue weighted by atomic mass is 16.2. The fourth-order valence-electron chi connectivity index (χ4n) is 1.58. The number of benzene rings is 1. The smallest absolute Gasteiger partial charge is 0.277 e. The zero-order valence-corrected chi connectivity index (χ0v) is 11.0. The van der Waals surface area contributed by atoms with Gasteiger partial charge in [0.05, 0.1) is 18.5 Å². The lowest BCUT2D eigenvalue weighted by molar-refractivity contribution is 0.102. The average Bonchev–Trinajstić information content (AvgIpc) is 2.96. The number of amides is 1. The molecule has 1 amide bonds. The summed E-state index contributed by atoms with van der Waals surface area (Å²) in [7, 11) is 0. The molecule has 0 saturated heterocycles. The van der Waals surface area contributed by atoms with Crippen molar-refractivity contribution >= 4 is 11.6 Å². The zero-order valence-electron chi connectivity index (χ0n) is 11.0. The number of hydrogen-bond acceptors (Lipinski definition) is 4. The van der Waals surface area contributed by atoms with E-state index in [-0.39, 0.29) is 18.2 Å². The Labute approximate surface area is 116 Å². The summed E-state index contributed by atoms with van der Waals surface area (Å²) in [5, 5.41) is 21.2. The number of aromatic amines is 1. The minimum absolute atomic E-state index is 0.0133. The second-order valence-corrected chi connectivity index (χ2v) is 4.13. The van der Waals surface area contributed by atoms with Crippen LogP contribution in [0.25, 0.3) is 0 Å². The molecule has 0 aliphatic carbocycles. The van der Waals surface area contributed by atoms with Crippen LogP contribution in [0.1, 0.15) is 28.0 Å². The number of nitrogens with one attached hydrogen (secondary N) is 2. The first kappa shape index (κ1) is 13.8. The molecule has 0 radical (unpaired) electrons. The number of aryl methyl sites for hydroxylation is 1. The van der Waals surface area contributed by atoms with Gasteiger partial charge in [-0.2, -0.15) is 15.4 Å². The molecule has 1 aromatic heterocycles.